The lowest BCUT2D eigenvalue weighted by Crippen LogP contribution is -2.46. The number of nitrogens with one attached hydrogen (secondary N) is 1. The van der Waals surface area contributed by atoms with Crippen LogP contribution in [0.1, 0.15) is 57.8 Å². The van der Waals surface area contributed by atoms with Gasteiger partial charge in [0.2, 0.25) is 0 Å². The molecule has 1 aromatic rings. The fourth-order valence-electron chi connectivity index (χ4n) is 2.99. The van der Waals surface area contributed by atoms with Crippen molar-refractivity contribution in [1.29, 1.82) is 0 Å². The highest BCUT2D eigenvalue weighted by Crippen LogP contribution is 2.22. The molecule has 6 heteroatoms. The molecule has 2 rings (SSSR count). The molecule has 2 heterocycles. The molecule has 0 unspecified atom stereocenters. The zero-order valence-electron chi connectivity index (χ0n) is 15.0. The number of nitrogens with zero attached hydrogens (tertiary/aromatic N) is 3. The van der Waals surface area contributed by atoms with Gasteiger partial charge in [0.1, 0.15) is 0 Å². The third kappa shape index (κ3) is 4.25. The number of carbonyl (C=O) groups is 1. The lowest BCUT2D eigenvalue weighted by Gasteiger charge is -2.32. The number of aliphatic hydroxyl groups is 1. The summed E-state index contributed by atoms with van der Waals surface area (Å²) in [4.78, 5) is 14.3. The molecule has 0 saturated carbocycles. The first-order chi connectivity index (χ1) is 10.7. The Hall–Kier alpha value is -1.56. The van der Waals surface area contributed by atoms with Crippen LogP contribution in [0, 0.1) is 12.8 Å². The minimum atomic E-state index is -0.0897. The smallest absolute Gasteiger partial charge is 0.317 e. The van der Waals surface area contributed by atoms with Gasteiger partial charge in [-0.05, 0) is 53.4 Å². The van der Waals surface area contributed by atoms with E-state index in [1.54, 1.807) is 0 Å². The molecule has 23 heavy (non-hydrogen) atoms. The van der Waals surface area contributed by atoms with Crippen LogP contribution in [-0.4, -0.2) is 45.5 Å². The van der Waals surface area contributed by atoms with Gasteiger partial charge in [-0.1, -0.05) is 0 Å². The lowest BCUT2D eigenvalue weighted by atomic mass is 9.99. The number of rotatable bonds is 3. The monoisotopic (exact) mass is 322 g/mol. The first-order valence-corrected chi connectivity index (χ1v) is 8.45. The second-order valence-corrected chi connectivity index (χ2v) is 7.59. The van der Waals surface area contributed by atoms with Crippen molar-refractivity contribution in [2.75, 3.05) is 19.7 Å². The predicted molar refractivity (Wildman–Crippen MR) is 90.3 cm³/mol. The van der Waals surface area contributed by atoms with Crippen LogP contribution in [0.3, 0.4) is 0 Å². The summed E-state index contributed by atoms with van der Waals surface area (Å²) in [6.45, 7) is 11.8. The van der Waals surface area contributed by atoms with Gasteiger partial charge in [-0.2, -0.15) is 5.10 Å². The molecule has 1 saturated heterocycles. The molecule has 1 aliphatic rings. The molecule has 0 spiro atoms. The number of carbonyl (C=O) groups excluding carboxylic acids is 1. The topological polar surface area (TPSA) is 70.4 Å². The van der Waals surface area contributed by atoms with Crippen LogP contribution in [0.25, 0.3) is 0 Å². The standard InChI is InChI=1S/C17H30N4O2/c1-12(15-10-21(17(3,4)5)19-13(15)2)18-16(23)20-8-6-7-14(9-20)11-22/h10,12,14,22H,6-9,11H2,1-5H3,(H,18,23)/t12-,14-/m1/s1. The second kappa shape index (κ2) is 6.91. The fraction of sp³-hybridized carbons (Fsp3) is 0.765. The predicted octanol–water partition coefficient (Wildman–Crippen LogP) is 2.42. The molecule has 0 bridgehead atoms. The van der Waals surface area contributed by atoms with Gasteiger partial charge in [-0.3, -0.25) is 4.68 Å². The van der Waals surface area contributed by atoms with Crippen LogP contribution < -0.4 is 5.32 Å². The molecule has 2 N–H and O–H groups in total. The number of hydrogen-bond donors (Lipinski definition) is 2. The van der Waals surface area contributed by atoms with E-state index in [1.165, 1.54) is 0 Å². The zero-order valence-corrected chi connectivity index (χ0v) is 15.0. The van der Waals surface area contributed by atoms with Gasteiger partial charge in [-0.15, -0.1) is 0 Å². The van der Waals surface area contributed by atoms with E-state index in [0.717, 1.165) is 30.6 Å². The molecular weight excluding hydrogens is 292 g/mol. The Morgan fingerprint density at radius 2 is 2.22 bits per heavy atom. The second-order valence-electron chi connectivity index (χ2n) is 7.59. The third-order valence-corrected chi connectivity index (χ3v) is 4.50. The van der Waals surface area contributed by atoms with Gasteiger partial charge in [0, 0.05) is 31.5 Å². The number of aryl methyl sites for hydroxylation is 1. The maximum Gasteiger partial charge on any atom is 0.317 e. The van der Waals surface area contributed by atoms with Crippen molar-refractivity contribution in [2.24, 2.45) is 5.92 Å². The van der Waals surface area contributed by atoms with Gasteiger partial charge >= 0.3 is 6.03 Å². The molecule has 1 aromatic heterocycles. The highest BCUT2D eigenvalue weighted by molar-refractivity contribution is 5.74. The molecular formula is C17H30N4O2. The molecule has 1 aliphatic heterocycles. The number of amides is 2. The summed E-state index contributed by atoms with van der Waals surface area (Å²) in [6.07, 6.45) is 3.97. The zero-order chi connectivity index (χ0) is 17.2. The average Bonchev–Trinajstić information content (AvgIpc) is 2.89. The van der Waals surface area contributed by atoms with Crippen molar-refractivity contribution in [2.45, 2.75) is 59.0 Å². The summed E-state index contributed by atoms with van der Waals surface area (Å²) in [5.74, 6) is 0.204. The summed E-state index contributed by atoms with van der Waals surface area (Å²) < 4.78 is 1.95. The van der Waals surface area contributed by atoms with Crippen molar-refractivity contribution in [1.82, 2.24) is 20.0 Å². The van der Waals surface area contributed by atoms with Gasteiger partial charge in [0.15, 0.2) is 0 Å². The normalized spacial score (nSPS) is 20.4. The average molecular weight is 322 g/mol. The molecule has 0 aliphatic carbocycles. The molecule has 0 aromatic carbocycles. The Kier molecular flexibility index (Phi) is 5.34. The number of urea groups is 1. The minimum Gasteiger partial charge on any atom is -0.396 e. The van der Waals surface area contributed by atoms with Gasteiger partial charge < -0.3 is 15.3 Å². The van der Waals surface area contributed by atoms with E-state index in [4.69, 9.17) is 0 Å². The fourth-order valence-corrected chi connectivity index (χ4v) is 2.99. The molecule has 2 atom stereocenters. The van der Waals surface area contributed by atoms with Gasteiger partial charge in [-0.25, -0.2) is 4.79 Å². The minimum absolute atomic E-state index is 0.0569. The number of hydrogen-bond acceptors (Lipinski definition) is 3. The first-order valence-electron chi connectivity index (χ1n) is 8.45. The first kappa shape index (κ1) is 17.8. The molecule has 130 valence electrons. The molecule has 0 radical (unpaired) electrons. The SMILES string of the molecule is Cc1nn(C(C)(C)C)cc1[C@@H](C)NC(=O)N1CCC[C@@H](CO)C1. The van der Waals surface area contributed by atoms with Crippen molar-refractivity contribution < 1.29 is 9.90 Å². The van der Waals surface area contributed by atoms with E-state index in [1.807, 2.05) is 29.6 Å². The van der Waals surface area contributed by atoms with Gasteiger partial charge in [0.25, 0.3) is 0 Å². The number of aliphatic hydroxyl groups excluding tert-OH is 1. The van der Waals surface area contributed by atoms with Crippen LogP contribution in [0.4, 0.5) is 4.79 Å². The quantitative estimate of drug-likeness (QED) is 0.898. The van der Waals surface area contributed by atoms with Crippen LogP contribution in [0.5, 0.6) is 0 Å². The van der Waals surface area contributed by atoms with E-state index in [9.17, 15) is 9.90 Å². The number of piperidine rings is 1. The van der Waals surface area contributed by atoms with Crippen LogP contribution in [0.2, 0.25) is 0 Å². The Morgan fingerprint density at radius 3 is 2.78 bits per heavy atom. The van der Waals surface area contributed by atoms with E-state index in [2.05, 4.69) is 31.2 Å². The van der Waals surface area contributed by atoms with Crippen LogP contribution in [0.15, 0.2) is 6.20 Å². The lowest BCUT2D eigenvalue weighted by molar-refractivity contribution is 0.128. The highest BCUT2D eigenvalue weighted by Gasteiger charge is 2.25. The summed E-state index contributed by atoms with van der Waals surface area (Å²) in [5, 5.41) is 16.9. The van der Waals surface area contributed by atoms with Gasteiger partial charge in [0.05, 0.1) is 17.3 Å². The van der Waals surface area contributed by atoms with Crippen molar-refractivity contribution in [3.05, 3.63) is 17.5 Å². The molecule has 2 amide bonds. The van der Waals surface area contributed by atoms with E-state index in [-0.39, 0.29) is 30.1 Å². The maximum absolute atomic E-state index is 12.5. The van der Waals surface area contributed by atoms with Crippen molar-refractivity contribution >= 4 is 6.03 Å². The summed E-state index contributed by atoms with van der Waals surface area (Å²) in [5.41, 5.74) is 1.91. The van der Waals surface area contributed by atoms with Crippen LogP contribution in [-0.2, 0) is 5.54 Å². The third-order valence-electron chi connectivity index (χ3n) is 4.50. The molecule has 1 fully saturated rings. The van der Waals surface area contributed by atoms with E-state index in [0.29, 0.717) is 6.54 Å². The Balaban J connectivity index is 2.02. The summed E-state index contributed by atoms with van der Waals surface area (Å²) >= 11 is 0. The molecule has 6 nitrogen and oxygen atoms in total. The maximum atomic E-state index is 12.5. The largest absolute Gasteiger partial charge is 0.396 e. The summed E-state index contributed by atoms with van der Waals surface area (Å²) in [6, 6.07) is -0.147. The van der Waals surface area contributed by atoms with Crippen molar-refractivity contribution in [3.8, 4) is 0 Å². The summed E-state index contributed by atoms with van der Waals surface area (Å²) in [7, 11) is 0. The highest BCUT2D eigenvalue weighted by atomic mass is 16.3. The Morgan fingerprint density at radius 1 is 1.52 bits per heavy atom. The number of aromatic nitrogens is 2. The Bertz CT molecular complexity index is 547. The number of likely N-dealkylation sites (tertiary alicyclic amines) is 1. The van der Waals surface area contributed by atoms with Crippen LogP contribution >= 0.6 is 0 Å². The van der Waals surface area contributed by atoms with E-state index < -0.39 is 0 Å². The van der Waals surface area contributed by atoms with E-state index >= 15 is 0 Å². The van der Waals surface area contributed by atoms with Crippen molar-refractivity contribution in [3.63, 3.8) is 0 Å². The Labute approximate surface area is 138 Å².